The number of hydrogen-bond donors (Lipinski definition) is 0. The molecule has 0 N–H and O–H groups in total. The Morgan fingerprint density at radius 1 is 1.07 bits per heavy atom. The highest BCUT2D eigenvalue weighted by Gasteiger charge is 2.06. The average Bonchev–Trinajstić information content (AvgIpc) is 2.66. The third kappa shape index (κ3) is 9.03. The SMILES string of the molecule is CCCN(C/C=C/C#CC(C)(C)C)Cc1cccc(OCc2ccccc2C)c1. The molecule has 0 aliphatic rings. The largest absolute Gasteiger partial charge is 0.489 e. The smallest absolute Gasteiger partial charge is 0.120 e. The Kier molecular flexibility index (Phi) is 9.03. The molecular formula is C27H35NO. The van der Waals surface area contributed by atoms with E-state index < -0.39 is 0 Å². The summed E-state index contributed by atoms with van der Waals surface area (Å²) in [5, 5.41) is 0. The van der Waals surface area contributed by atoms with Crippen LogP contribution in [0.2, 0.25) is 0 Å². The van der Waals surface area contributed by atoms with Gasteiger partial charge in [0.15, 0.2) is 0 Å². The van der Waals surface area contributed by atoms with E-state index in [-0.39, 0.29) is 5.41 Å². The first-order valence-corrected chi connectivity index (χ1v) is 10.5. The van der Waals surface area contributed by atoms with E-state index in [1.807, 2.05) is 12.1 Å². The zero-order chi connectivity index (χ0) is 21.1. The van der Waals surface area contributed by atoms with Crippen molar-refractivity contribution in [2.24, 2.45) is 5.41 Å². The zero-order valence-corrected chi connectivity index (χ0v) is 18.7. The van der Waals surface area contributed by atoms with Gasteiger partial charge in [0.05, 0.1) is 0 Å². The third-order valence-electron chi connectivity index (χ3n) is 4.51. The molecule has 2 rings (SSSR count). The van der Waals surface area contributed by atoms with Crippen molar-refractivity contribution in [3.8, 4) is 17.6 Å². The molecule has 2 aromatic carbocycles. The molecule has 154 valence electrons. The molecular weight excluding hydrogens is 354 g/mol. The van der Waals surface area contributed by atoms with Crippen molar-refractivity contribution in [2.45, 2.75) is 54.2 Å². The van der Waals surface area contributed by atoms with Crippen LogP contribution in [0.25, 0.3) is 0 Å². The molecule has 0 amide bonds. The van der Waals surface area contributed by atoms with Crippen molar-refractivity contribution in [3.05, 3.63) is 77.4 Å². The normalized spacial score (nSPS) is 11.5. The number of rotatable bonds is 9. The van der Waals surface area contributed by atoms with Gasteiger partial charge in [0.2, 0.25) is 0 Å². The van der Waals surface area contributed by atoms with Gasteiger partial charge in [-0.3, -0.25) is 4.90 Å². The minimum Gasteiger partial charge on any atom is -0.489 e. The number of hydrogen-bond acceptors (Lipinski definition) is 2. The van der Waals surface area contributed by atoms with Crippen molar-refractivity contribution in [2.75, 3.05) is 13.1 Å². The maximum absolute atomic E-state index is 6.05. The van der Waals surface area contributed by atoms with Crippen LogP contribution in [0.4, 0.5) is 0 Å². The monoisotopic (exact) mass is 389 g/mol. The Morgan fingerprint density at radius 3 is 2.59 bits per heavy atom. The van der Waals surface area contributed by atoms with Crippen LogP contribution in [0.3, 0.4) is 0 Å². The molecule has 0 aliphatic heterocycles. The van der Waals surface area contributed by atoms with Crippen LogP contribution in [0.5, 0.6) is 5.75 Å². The van der Waals surface area contributed by atoms with E-state index in [2.05, 4.69) is 99.9 Å². The van der Waals surface area contributed by atoms with Crippen LogP contribution in [-0.2, 0) is 13.2 Å². The van der Waals surface area contributed by atoms with E-state index in [9.17, 15) is 0 Å². The van der Waals surface area contributed by atoms with Gasteiger partial charge in [0, 0.05) is 18.5 Å². The van der Waals surface area contributed by atoms with Crippen LogP contribution in [-0.4, -0.2) is 18.0 Å². The molecule has 2 nitrogen and oxygen atoms in total. The lowest BCUT2D eigenvalue weighted by Crippen LogP contribution is -2.24. The lowest BCUT2D eigenvalue weighted by atomic mass is 9.98. The lowest BCUT2D eigenvalue weighted by Gasteiger charge is -2.20. The maximum atomic E-state index is 6.05. The van der Waals surface area contributed by atoms with Gasteiger partial charge < -0.3 is 4.74 Å². The molecule has 2 aromatic rings. The van der Waals surface area contributed by atoms with Crippen molar-refractivity contribution in [1.29, 1.82) is 0 Å². The van der Waals surface area contributed by atoms with Crippen molar-refractivity contribution in [3.63, 3.8) is 0 Å². The fraction of sp³-hybridized carbons (Fsp3) is 0.407. The minimum atomic E-state index is 0.0478. The number of nitrogens with zero attached hydrogens (tertiary/aromatic N) is 1. The summed E-state index contributed by atoms with van der Waals surface area (Å²) in [7, 11) is 0. The second-order valence-electron chi connectivity index (χ2n) is 8.52. The summed E-state index contributed by atoms with van der Waals surface area (Å²) in [6.45, 7) is 14.2. The fourth-order valence-corrected chi connectivity index (χ4v) is 2.99. The summed E-state index contributed by atoms with van der Waals surface area (Å²) in [5.74, 6) is 7.32. The molecule has 0 radical (unpaired) electrons. The second-order valence-corrected chi connectivity index (χ2v) is 8.52. The summed E-state index contributed by atoms with van der Waals surface area (Å²) in [5.41, 5.74) is 3.81. The molecule has 0 saturated heterocycles. The highest BCUT2D eigenvalue weighted by Crippen LogP contribution is 2.18. The van der Waals surface area contributed by atoms with Gasteiger partial charge in [0.25, 0.3) is 0 Å². The number of aryl methyl sites for hydroxylation is 1. The number of allylic oxidation sites excluding steroid dienone is 1. The standard InChI is InChI=1S/C27H35NO/c1-6-18-28(19-11-7-10-17-27(3,4)5)21-24-14-12-16-26(20-24)29-22-25-15-9-8-13-23(25)2/h7-9,11-16,20H,6,18-19,21-22H2,1-5H3/b11-7+. The Morgan fingerprint density at radius 2 is 1.86 bits per heavy atom. The van der Waals surface area contributed by atoms with E-state index in [1.54, 1.807) is 0 Å². The highest BCUT2D eigenvalue weighted by atomic mass is 16.5. The predicted molar refractivity (Wildman–Crippen MR) is 124 cm³/mol. The second kappa shape index (κ2) is 11.5. The van der Waals surface area contributed by atoms with Crippen LogP contribution < -0.4 is 4.74 Å². The summed E-state index contributed by atoms with van der Waals surface area (Å²) >= 11 is 0. The van der Waals surface area contributed by atoms with Crippen molar-refractivity contribution in [1.82, 2.24) is 4.90 Å². The first-order valence-electron chi connectivity index (χ1n) is 10.5. The van der Waals surface area contributed by atoms with E-state index in [4.69, 9.17) is 4.74 Å². The molecule has 0 saturated carbocycles. The minimum absolute atomic E-state index is 0.0478. The molecule has 0 atom stereocenters. The average molecular weight is 390 g/mol. The first-order chi connectivity index (χ1) is 13.9. The molecule has 0 aromatic heterocycles. The molecule has 0 unspecified atom stereocenters. The zero-order valence-electron chi connectivity index (χ0n) is 18.7. The summed E-state index contributed by atoms with van der Waals surface area (Å²) in [6.07, 6.45) is 5.27. The maximum Gasteiger partial charge on any atom is 0.120 e. The van der Waals surface area contributed by atoms with Gasteiger partial charge in [-0.2, -0.15) is 0 Å². The molecule has 29 heavy (non-hydrogen) atoms. The Balaban J connectivity index is 1.95. The first kappa shape index (κ1) is 22.8. The van der Waals surface area contributed by atoms with Gasteiger partial charge >= 0.3 is 0 Å². The molecule has 0 aliphatic carbocycles. The predicted octanol–water partition coefficient (Wildman–Crippen LogP) is 6.39. The summed E-state index contributed by atoms with van der Waals surface area (Å²) in [4.78, 5) is 2.44. The molecule has 0 spiro atoms. The quantitative estimate of drug-likeness (QED) is 0.461. The summed E-state index contributed by atoms with van der Waals surface area (Å²) in [6, 6.07) is 16.8. The summed E-state index contributed by atoms with van der Waals surface area (Å²) < 4.78 is 6.05. The van der Waals surface area contributed by atoms with Crippen molar-refractivity contribution >= 4 is 0 Å². The van der Waals surface area contributed by atoms with Gasteiger partial charge in [-0.25, -0.2) is 0 Å². The Labute approximate surface area is 177 Å². The van der Waals surface area contributed by atoms with Gasteiger partial charge in [-0.1, -0.05) is 61.2 Å². The number of ether oxygens (including phenoxy) is 1. The van der Waals surface area contributed by atoms with Crippen LogP contribution in [0.1, 0.15) is 50.8 Å². The number of benzene rings is 2. The van der Waals surface area contributed by atoms with Crippen LogP contribution in [0.15, 0.2) is 60.7 Å². The van der Waals surface area contributed by atoms with Gasteiger partial charge in [0.1, 0.15) is 12.4 Å². The van der Waals surface area contributed by atoms with E-state index in [0.717, 1.165) is 31.8 Å². The van der Waals surface area contributed by atoms with E-state index in [0.29, 0.717) is 6.61 Å². The fourth-order valence-electron chi connectivity index (χ4n) is 2.99. The van der Waals surface area contributed by atoms with E-state index in [1.165, 1.54) is 16.7 Å². The van der Waals surface area contributed by atoms with Gasteiger partial charge in [-0.05, 0) is 75.6 Å². The van der Waals surface area contributed by atoms with Crippen LogP contribution in [0, 0.1) is 24.2 Å². The van der Waals surface area contributed by atoms with Crippen molar-refractivity contribution < 1.29 is 4.74 Å². The van der Waals surface area contributed by atoms with Crippen LogP contribution >= 0.6 is 0 Å². The molecule has 2 heteroatoms. The molecule has 0 fully saturated rings. The lowest BCUT2D eigenvalue weighted by molar-refractivity contribution is 0.290. The molecule has 0 heterocycles. The molecule has 0 bridgehead atoms. The third-order valence-corrected chi connectivity index (χ3v) is 4.51. The Hall–Kier alpha value is -2.50. The van der Waals surface area contributed by atoms with Gasteiger partial charge in [-0.15, -0.1) is 0 Å². The highest BCUT2D eigenvalue weighted by molar-refractivity contribution is 5.30. The Bertz CT molecular complexity index is 849. The van der Waals surface area contributed by atoms with E-state index >= 15 is 0 Å². The topological polar surface area (TPSA) is 12.5 Å².